The largest absolute Gasteiger partial charge is 0.390 e. The second-order valence-corrected chi connectivity index (χ2v) is 6.30. The number of ether oxygens (including phenoxy) is 3. The summed E-state index contributed by atoms with van der Waals surface area (Å²) in [5.41, 5.74) is 0. The van der Waals surface area contributed by atoms with Crippen LogP contribution in [0.25, 0.3) is 0 Å². The minimum Gasteiger partial charge on any atom is -0.390 e. The Balaban J connectivity index is 2.73. The Kier molecular flexibility index (Phi) is 11.6. The highest BCUT2D eigenvalue weighted by Crippen LogP contribution is 2.23. The SMILES string of the molecule is CCCCO[C@@H]1[C@@H](OCCCC)[C@@H](OCCCC)C=CC[C@H]1O. The van der Waals surface area contributed by atoms with Crippen LogP contribution in [0.15, 0.2) is 12.2 Å². The van der Waals surface area contributed by atoms with Crippen molar-refractivity contribution in [2.75, 3.05) is 19.8 Å². The van der Waals surface area contributed by atoms with Gasteiger partial charge in [0, 0.05) is 19.8 Å². The quantitative estimate of drug-likeness (QED) is 0.436. The van der Waals surface area contributed by atoms with Crippen molar-refractivity contribution in [1.29, 1.82) is 0 Å². The standard InChI is InChI=1S/C19H36O4/c1-4-7-13-21-17-12-10-11-16(20)18(22-14-8-5-2)19(17)23-15-9-6-3/h10,12,16-20H,4-9,11,13-15H2,1-3H3/t16-,17+,18+,19+/m1/s1. The van der Waals surface area contributed by atoms with E-state index >= 15 is 0 Å². The van der Waals surface area contributed by atoms with Crippen molar-refractivity contribution in [1.82, 2.24) is 0 Å². The topological polar surface area (TPSA) is 47.9 Å². The van der Waals surface area contributed by atoms with E-state index in [1.807, 2.05) is 12.2 Å². The van der Waals surface area contributed by atoms with Gasteiger partial charge in [0.2, 0.25) is 0 Å². The predicted octanol–water partition coefficient (Wildman–Crippen LogP) is 3.86. The lowest BCUT2D eigenvalue weighted by Crippen LogP contribution is -2.47. The molecular formula is C19H36O4. The molecule has 0 saturated heterocycles. The van der Waals surface area contributed by atoms with Crippen molar-refractivity contribution >= 4 is 0 Å². The fourth-order valence-electron chi connectivity index (χ4n) is 2.64. The summed E-state index contributed by atoms with van der Waals surface area (Å²) >= 11 is 0. The lowest BCUT2D eigenvalue weighted by atomic mass is 10.0. The van der Waals surface area contributed by atoms with Gasteiger partial charge in [-0.05, 0) is 25.7 Å². The molecule has 1 aliphatic carbocycles. The normalized spacial score (nSPS) is 28.0. The van der Waals surface area contributed by atoms with Crippen molar-refractivity contribution < 1.29 is 19.3 Å². The molecule has 0 aromatic rings. The molecule has 1 N–H and O–H groups in total. The molecule has 1 rings (SSSR count). The smallest absolute Gasteiger partial charge is 0.116 e. The number of rotatable bonds is 12. The van der Waals surface area contributed by atoms with Crippen molar-refractivity contribution in [2.45, 2.75) is 90.1 Å². The van der Waals surface area contributed by atoms with Crippen LogP contribution in [0, 0.1) is 0 Å². The summed E-state index contributed by atoms with van der Waals surface area (Å²) in [6.07, 6.45) is 9.75. The fourth-order valence-corrected chi connectivity index (χ4v) is 2.64. The zero-order valence-electron chi connectivity index (χ0n) is 15.2. The van der Waals surface area contributed by atoms with Crippen LogP contribution < -0.4 is 0 Å². The molecule has 0 unspecified atom stereocenters. The van der Waals surface area contributed by atoms with Crippen LogP contribution in [-0.2, 0) is 14.2 Å². The molecule has 23 heavy (non-hydrogen) atoms. The van der Waals surface area contributed by atoms with Crippen LogP contribution in [0.4, 0.5) is 0 Å². The number of hydrogen-bond acceptors (Lipinski definition) is 4. The zero-order chi connectivity index (χ0) is 16.9. The summed E-state index contributed by atoms with van der Waals surface area (Å²) in [6, 6.07) is 0. The third kappa shape index (κ3) is 7.79. The first-order valence-corrected chi connectivity index (χ1v) is 9.44. The highest BCUT2D eigenvalue weighted by atomic mass is 16.6. The minimum absolute atomic E-state index is 0.137. The molecule has 0 spiro atoms. The van der Waals surface area contributed by atoms with Gasteiger partial charge in [0.15, 0.2) is 0 Å². The molecule has 0 aromatic heterocycles. The summed E-state index contributed by atoms with van der Waals surface area (Å²) < 4.78 is 18.1. The average molecular weight is 328 g/mol. The lowest BCUT2D eigenvalue weighted by Gasteiger charge is -2.33. The van der Waals surface area contributed by atoms with Gasteiger partial charge in [0.25, 0.3) is 0 Å². The fraction of sp³-hybridized carbons (Fsp3) is 0.895. The maximum atomic E-state index is 10.5. The molecule has 0 aliphatic heterocycles. The predicted molar refractivity (Wildman–Crippen MR) is 93.7 cm³/mol. The molecular weight excluding hydrogens is 292 g/mol. The summed E-state index contributed by atoms with van der Waals surface area (Å²) in [5, 5.41) is 10.5. The number of aliphatic hydroxyl groups is 1. The van der Waals surface area contributed by atoms with Crippen LogP contribution in [0.3, 0.4) is 0 Å². The summed E-state index contributed by atoms with van der Waals surface area (Å²) in [4.78, 5) is 0. The van der Waals surface area contributed by atoms with E-state index in [1.54, 1.807) is 0 Å². The molecule has 4 nitrogen and oxygen atoms in total. The molecule has 4 heteroatoms. The summed E-state index contributed by atoms with van der Waals surface area (Å²) in [6.45, 7) is 8.51. The highest BCUT2D eigenvalue weighted by molar-refractivity contribution is 5.04. The summed E-state index contributed by atoms with van der Waals surface area (Å²) in [7, 11) is 0. The number of unbranched alkanes of at least 4 members (excludes halogenated alkanes) is 3. The van der Waals surface area contributed by atoms with Crippen molar-refractivity contribution in [2.24, 2.45) is 0 Å². The van der Waals surface area contributed by atoms with Crippen molar-refractivity contribution in [3.63, 3.8) is 0 Å². The van der Waals surface area contributed by atoms with E-state index in [4.69, 9.17) is 14.2 Å². The minimum atomic E-state index is -0.533. The van der Waals surface area contributed by atoms with Gasteiger partial charge < -0.3 is 19.3 Å². The molecule has 0 amide bonds. The van der Waals surface area contributed by atoms with Gasteiger partial charge >= 0.3 is 0 Å². The monoisotopic (exact) mass is 328 g/mol. The average Bonchev–Trinajstić information content (AvgIpc) is 2.69. The Bertz CT molecular complexity index is 306. The van der Waals surface area contributed by atoms with Crippen LogP contribution >= 0.6 is 0 Å². The first kappa shape index (κ1) is 20.6. The first-order chi connectivity index (χ1) is 11.2. The molecule has 0 saturated carbocycles. The van der Waals surface area contributed by atoms with E-state index in [0.717, 1.165) is 45.1 Å². The van der Waals surface area contributed by atoms with E-state index in [2.05, 4.69) is 20.8 Å². The molecule has 1 aliphatic rings. The Morgan fingerprint density at radius 2 is 1.35 bits per heavy atom. The number of hydrogen-bond donors (Lipinski definition) is 1. The Morgan fingerprint density at radius 1 is 0.826 bits per heavy atom. The van der Waals surface area contributed by atoms with Crippen molar-refractivity contribution in [3.05, 3.63) is 12.2 Å². The first-order valence-electron chi connectivity index (χ1n) is 9.44. The van der Waals surface area contributed by atoms with E-state index in [0.29, 0.717) is 19.6 Å². The van der Waals surface area contributed by atoms with E-state index in [9.17, 15) is 5.11 Å². The second kappa shape index (κ2) is 12.9. The highest BCUT2D eigenvalue weighted by Gasteiger charge is 2.36. The lowest BCUT2D eigenvalue weighted by molar-refractivity contribution is -0.156. The maximum absolute atomic E-state index is 10.5. The van der Waals surface area contributed by atoms with E-state index in [-0.39, 0.29) is 18.3 Å². The zero-order valence-corrected chi connectivity index (χ0v) is 15.2. The Labute approximate surface area is 142 Å². The van der Waals surface area contributed by atoms with Crippen molar-refractivity contribution in [3.8, 4) is 0 Å². The Hall–Kier alpha value is -0.420. The van der Waals surface area contributed by atoms with Gasteiger partial charge in [-0.15, -0.1) is 0 Å². The second-order valence-electron chi connectivity index (χ2n) is 6.30. The third-order valence-corrected chi connectivity index (χ3v) is 4.15. The van der Waals surface area contributed by atoms with Gasteiger partial charge in [0.1, 0.15) is 18.3 Å². The van der Waals surface area contributed by atoms with Crippen LogP contribution in [0.2, 0.25) is 0 Å². The van der Waals surface area contributed by atoms with Gasteiger partial charge in [-0.25, -0.2) is 0 Å². The molecule has 0 bridgehead atoms. The molecule has 0 heterocycles. The molecule has 0 fully saturated rings. The third-order valence-electron chi connectivity index (χ3n) is 4.15. The van der Waals surface area contributed by atoms with Crippen LogP contribution in [-0.4, -0.2) is 49.3 Å². The van der Waals surface area contributed by atoms with Gasteiger partial charge in [-0.2, -0.15) is 0 Å². The molecule has 0 radical (unpaired) electrons. The van der Waals surface area contributed by atoms with Crippen LogP contribution in [0.1, 0.15) is 65.7 Å². The van der Waals surface area contributed by atoms with E-state index in [1.165, 1.54) is 0 Å². The van der Waals surface area contributed by atoms with Gasteiger partial charge in [-0.1, -0.05) is 52.2 Å². The van der Waals surface area contributed by atoms with E-state index < -0.39 is 6.10 Å². The Morgan fingerprint density at radius 3 is 1.91 bits per heavy atom. The molecule has 136 valence electrons. The summed E-state index contributed by atoms with van der Waals surface area (Å²) in [5.74, 6) is 0. The maximum Gasteiger partial charge on any atom is 0.116 e. The molecule has 0 aromatic carbocycles. The number of aliphatic hydroxyl groups excluding tert-OH is 1. The van der Waals surface area contributed by atoms with Gasteiger partial charge in [-0.3, -0.25) is 0 Å². The molecule has 4 atom stereocenters. The van der Waals surface area contributed by atoms with Crippen LogP contribution in [0.5, 0.6) is 0 Å². The van der Waals surface area contributed by atoms with Gasteiger partial charge in [0.05, 0.1) is 6.10 Å².